The molecule has 2 heterocycles. The van der Waals surface area contributed by atoms with E-state index in [1.807, 2.05) is 0 Å². The molecule has 0 saturated carbocycles. The fourth-order valence-corrected chi connectivity index (χ4v) is 3.58. The number of ether oxygens (including phenoxy) is 1. The Morgan fingerprint density at radius 1 is 1.69 bits per heavy atom. The molecule has 0 radical (unpaired) electrons. The summed E-state index contributed by atoms with van der Waals surface area (Å²) in [5.74, 6) is 5.60. The second kappa shape index (κ2) is 6.12. The lowest BCUT2D eigenvalue weighted by Crippen LogP contribution is -2.28. The van der Waals surface area contributed by atoms with E-state index >= 15 is 0 Å². The van der Waals surface area contributed by atoms with Crippen LogP contribution in [-0.2, 0) is 4.74 Å². The van der Waals surface area contributed by atoms with Crippen molar-refractivity contribution in [3.63, 3.8) is 0 Å². The van der Waals surface area contributed by atoms with Gasteiger partial charge in [0.2, 0.25) is 0 Å². The first-order valence-electron chi connectivity index (χ1n) is 5.61. The van der Waals surface area contributed by atoms with Crippen LogP contribution in [0.1, 0.15) is 36.6 Å². The number of halogens is 1. The summed E-state index contributed by atoms with van der Waals surface area (Å²) in [7, 11) is 0. The Hall–Kier alpha value is 0.0600. The number of hydrogen-bond donors (Lipinski definition) is 2. The summed E-state index contributed by atoms with van der Waals surface area (Å²) in [6.45, 7) is 0.927. The van der Waals surface area contributed by atoms with Crippen LogP contribution in [0, 0.1) is 0 Å². The molecule has 3 nitrogen and oxygen atoms in total. The quantitative estimate of drug-likeness (QED) is 0.649. The van der Waals surface area contributed by atoms with E-state index in [9.17, 15) is 0 Å². The third kappa shape index (κ3) is 3.28. The average Bonchev–Trinajstić information content (AvgIpc) is 2.91. The van der Waals surface area contributed by atoms with Crippen molar-refractivity contribution in [3.8, 4) is 0 Å². The third-order valence-corrected chi connectivity index (χ3v) is 4.74. The molecule has 0 bridgehead atoms. The second-order valence-electron chi connectivity index (χ2n) is 4.10. The minimum absolute atomic E-state index is 0.250. The number of nitrogens with two attached hydrogens (primary N) is 1. The van der Waals surface area contributed by atoms with Gasteiger partial charge in [-0.05, 0) is 47.7 Å². The van der Waals surface area contributed by atoms with Crippen molar-refractivity contribution in [1.82, 2.24) is 5.43 Å². The molecule has 1 fully saturated rings. The van der Waals surface area contributed by atoms with E-state index in [4.69, 9.17) is 10.6 Å². The highest BCUT2D eigenvalue weighted by molar-refractivity contribution is 9.10. The smallest absolute Gasteiger partial charge is 0.0576 e. The number of hydrazine groups is 1. The van der Waals surface area contributed by atoms with Crippen LogP contribution in [0.5, 0.6) is 0 Å². The molecule has 0 aromatic carbocycles. The van der Waals surface area contributed by atoms with Gasteiger partial charge in [0.15, 0.2) is 0 Å². The molecule has 1 aromatic rings. The van der Waals surface area contributed by atoms with E-state index in [0.29, 0.717) is 6.10 Å². The summed E-state index contributed by atoms with van der Waals surface area (Å²) in [5.41, 5.74) is 2.89. The normalized spacial score (nSPS) is 22.5. The molecule has 90 valence electrons. The topological polar surface area (TPSA) is 47.3 Å². The van der Waals surface area contributed by atoms with Crippen molar-refractivity contribution in [1.29, 1.82) is 0 Å². The minimum atomic E-state index is 0.250. The van der Waals surface area contributed by atoms with Crippen LogP contribution in [-0.4, -0.2) is 12.7 Å². The van der Waals surface area contributed by atoms with Crippen molar-refractivity contribution < 1.29 is 4.74 Å². The zero-order valence-corrected chi connectivity index (χ0v) is 11.5. The second-order valence-corrected chi connectivity index (χ2v) is 5.96. The summed E-state index contributed by atoms with van der Waals surface area (Å²) in [4.78, 5) is 1.28. The Morgan fingerprint density at radius 2 is 2.56 bits per heavy atom. The number of thiophene rings is 1. The van der Waals surface area contributed by atoms with Crippen LogP contribution < -0.4 is 11.3 Å². The van der Waals surface area contributed by atoms with Gasteiger partial charge in [-0.2, -0.15) is 0 Å². The van der Waals surface area contributed by atoms with Gasteiger partial charge in [0.1, 0.15) is 0 Å². The maximum atomic E-state index is 5.61. The van der Waals surface area contributed by atoms with Crippen LogP contribution in [0.25, 0.3) is 0 Å². The van der Waals surface area contributed by atoms with Crippen LogP contribution in [0.2, 0.25) is 0 Å². The van der Waals surface area contributed by atoms with Gasteiger partial charge >= 0.3 is 0 Å². The monoisotopic (exact) mass is 304 g/mol. The molecule has 2 rings (SSSR count). The zero-order valence-electron chi connectivity index (χ0n) is 9.12. The van der Waals surface area contributed by atoms with Gasteiger partial charge in [0.25, 0.3) is 0 Å². The van der Waals surface area contributed by atoms with Gasteiger partial charge < -0.3 is 4.74 Å². The Kier molecular flexibility index (Phi) is 4.79. The molecule has 1 aromatic heterocycles. The zero-order chi connectivity index (χ0) is 11.4. The van der Waals surface area contributed by atoms with Crippen LogP contribution in [0.3, 0.4) is 0 Å². The summed E-state index contributed by atoms with van der Waals surface area (Å²) in [5, 5.41) is 2.09. The highest BCUT2D eigenvalue weighted by Gasteiger charge is 2.19. The Bertz CT molecular complexity index is 326. The molecule has 0 aliphatic carbocycles. The average molecular weight is 305 g/mol. The third-order valence-electron chi connectivity index (χ3n) is 2.93. The largest absolute Gasteiger partial charge is 0.378 e. The Morgan fingerprint density at radius 3 is 3.12 bits per heavy atom. The number of hydrogen-bond acceptors (Lipinski definition) is 4. The first kappa shape index (κ1) is 12.5. The Balaban J connectivity index is 1.85. The van der Waals surface area contributed by atoms with E-state index in [1.165, 1.54) is 17.7 Å². The summed E-state index contributed by atoms with van der Waals surface area (Å²) < 4.78 is 6.74. The van der Waals surface area contributed by atoms with Gasteiger partial charge in [0, 0.05) is 21.3 Å². The van der Waals surface area contributed by atoms with Gasteiger partial charge in [0.05, 0.1) is 12.1 Å². The molecule has 0 amide bonds. The standard InChI is InChI=1S/C11H17BrN2OS/c12-8-6-11(16-7-8)10(14-13)4-3-9-2-1-5-15-9/h6-7,9-10,14H,1-5,13H2. The fourth-order valence-electron chi connectivity index (χ4n) is 2.04. The van der Waals surface area contributed by atoms with Crippen molar-refractivity contribution in [2.24, 2.45) is 5.84 Å². The lowest BCUT2D eigenvalue weighted by molar-refractivity contribution is 0.0997. The fraction of sp³-hybridized carbons (Fsp3) is 0.636. The summed E-state index contributed by atoms with van der Waals surface area (Å²) in [6.07, 6.45) is 4.97. The van der Waals surface area contributed by atoms with E-state index in [-0.39, 0.29) is 6.04 Å². The van der Waals surface area contributed by atoms with E-state index in [1.54, 1.807) is 11.3 Å². The maximum Gasteiger partial charge on any atom is 0.0576 e. The van der Waals surface area contributed by atoms with Gasteiger partial charge in [-0.3, -0.25) is 11.3 Å². The lowest BCUT2D eigenvalue weighted by Gasteiger charge is -2.16. The van der Waals surface area contributed by atoms with E-state index in [2.05, 4.69) is 32.8 Å². The van der Waals surface area contributed by atoms with Crippen LogP contribution in [0.15, 0.2) is 15.9 Å². The molecule has 0 spiro atoms. The van der Waals surface area contributed by atoms with Crippen molar-refractivity contribution >= 4 is 27.3 Å². The SMILES string of the molecule is NNC(CCC1CCCO1)c1cc(Br)cs1. The maximum absolute atomic E-state index is 5.61. The predicted molar refractivity (Wildman–Crippen MR) is 70.3 cm³/mol. The molecule has 1 saturated heterocycles. The first-order valence-corrected chi connectivity index (χ1v) is 7.28. The minimum Gasteiger partial charge on any atom is -0.378 e. The van der Waals surface area contributed by atoms with Crippen LogP contribution >= 0.6 is 27.3 Å². The Labute approximate surface area is 108 Å². The van der Waals surface area contributed by atoms with Crippen molar-refractivity contribution in [2.75, 3.05) is 6.61 Å². The predicted octanol–water partition coefficient (Wildman–Crippen LogP) is 2.97. The van der Waals surface area contributed by atoms with E-state index < -0.39 is 0 Å². The molecular weight excluding hydrogens is 288 g/mol. The highest BCUT2D eigenvalue weighted by atomic mass is 79.9. The molecule has 1 aliphatic heterocycles. The molecule has 1 aliphatic rings. The highest BCUT2D eigenvalue weighted by Crippen LogP contribution is 2.29. The molecule has 5 heteroatoms. The number of rotatable bonds is 5. The molecule has 16 heavy (non-hydrogen) atoms. The first-order chi connectivity index (χ1) is 7.79. The molecular formula is C11H17BrN2OS. The van der Waals surface area contributed by atoms with Gasteiger partial charge in [-0.25, -0.2) is 0 Å². The summed E-state index contributed by atoms with van der Waals surface area (Å²) >= 11 is 5.20. The van der Waals surface area contributed by atoms with Crippen molar-refractivity contribution in [2.45, 2.75) is 37.8 Å². The molecule has 2 atom stereocenters. The van der Waals surface area contributed by atoms with E-state index in [0.717, 1.165) is 23.9 Å². The van der Waals surface area contributed by atoms with Gasteiger partial charge in [-0.15, -0.1) is 11.3 Å². The van der Waals surface area contributed by atoms with Gasteiger partial charge in [-0.1, -0.05) is 0 Å². The molecule has 3 N–H and O–H groups in total. The number of nitrogens with one attached hydrogen (secondary N) is 1. The molecule has 2 unspecified atom stereocenters. The van der Waals surface area contributed by atoms with Crippen molar-refractivity contribution in [3.05, 3.63) is 20.8 Å². The summed E-state index contributed by atoms with van der Waals surface area (Å²) in [6, 6.07) is 2.38. The lowest BCUT2D eigenvalue weighted by atomic mass is 10.1. The van der Waals surface area contributed by atoms with Crippen LogP contribution in [0.4, 0.5) is 0 Å².